The lowest BCUT2D eigenvalue weighted by Crippen LogP contribution is -2.17. The average Bonchev–Trinajstić information content (AvgIpc) is 2.72. The van der Waals surface area contributed by atoms with E-state index >= 15 is 0 Å². The molecule has 0 aliphatic heterocycles. The number of halogens is 1. The highest BCUT2D eigenvalue weighted by atomic mass is 35.5. The minimum atomic E-state index is -0.396. The molecule has 0 fully saturated rings. The highest BCUT2D eigenvalue weighted by molar-refractivity contribution is 6.32. The third-order valence-electron chi connectivity index (χ3n) is 4.02. The maximum Gasteiger partial charge on any atom is 0.271 e. The van der Waals surface area contributed by atoms with Gasteiger partial charge in [0.25, 0.3) is 5.91 Å². The first kappa shape index (κ1) is 19.4. The molecule has 0 aliphatic rings. The number of carbonyl (C=O) groups is 1. The number of ether oxygens (including phenoxy) is 3. The van der Waals surface area contributed by atoms with Gasteiger partial charge in [-0.1, -0.05) is 11.6 Å². The Kier molecular flexibility index (Phi) is 5.96. The van der Waals surface area contributed by atoms with Crippen LogP contribution < -0.4 is 19.6 Å². The van der Waals surface area contributed by atoms with Gasteiger partial charge in [0.2, 0.25) is 0 Å². The SMILES string of the molecule is COc1ccc2cc(/C=N\NC(=O)c3ccc(OC)c(OC)c3)c(Cl)nc2c1. The molecule has 0 aliphatic carbocycles. The lowest BCUT2D eigenvalue weighted by atomic mass is 10.1. The average molecular weight is 400 g/mol. The second-order valence-corrected chi connectivity index (χ2v) is 6.05. The van der Waals surface area contributed by atoms with Crippen LogP contribution in [0.5, 0.6) is 17.2 Å². The van der Waals surface area contributed by atoms with Crippen LogP contribution in [0.15, 0.2) is 47.6 Å². The van der Waals surface area contributed by atoms with Gasteiger partial charge in [0, 0.05) is 22.6 Å². The summed E-state index contributed by atoms with van der Waals surface area (Å²) in [6.45, 7) is 0. The summed E-state index contributed by atoms with van der Waals surface area (Å²) in [4.78, 5) is 16.6. The Morgan fingerprint density at radius 2 is 1.82 bits per heavy atom. The molecule has 1 N–H and O–H groups in total. The van der Waals surface area contributed by atoms with Crippen LogP contribution in [0, 0.1) is 0 Å². The van der Waals surface area contributed by atoms with E-state index in [0.717, 1.165) is 5.39 Å². The summed E-state index contributed by atoms with van der Waals surface area (Å²) < 4.78 is 15.5. The van der Waals surface area contributed by atoms with E-state index in [4.69, 9.17) is 25.8 Å². The molecular weight excluding hydrogens is 382 g/mol. The van der Waals surface area contributed by atoms with Gasteiger partial charge >= 0.3 is 0 Å². The van der Waals surface area contributed by atoms with Crippen LogP contribution in [0.4, 0.5) is 0 Å². The summed E-state index contributed by atoms with van der Waals surface area (Å²) in [5.41, 5.74) is 4.12. The first-order valence-electron chi connectivity index (χ1n) is 8.25. The Labute approximate surface area is 166 Å². The molecule has 0 atom stereocenters. The number of pyridine rings is 1. The van der Waals surface area contributed by atoms with Gasteiger partial charge in [-0.25, -0.2) is 10.4 Å². The fraction of sp³-hybridized carbons (Fsp3) is 0.150. The number of nitrogens with zero attached hydrogens (tertiary/aromatic N) is 2. The normalized spacial score (nSPS) is 10.9. The zero-order valence-electron chi connectivity index (χ0n) is 15.5. The van der Waals surface area contributed by atoms with Gasteiger partial charge in [0.1, 0.15) is 10.9 Å². The largest absolute Gasteiger partial charge is 0.497 e. The lowest BCUT2D eigenvalue weighted by molar-refractivity contribution is 0.0954. The van der Waals surface area contributed by atoms with Crippen LogP contribution in [0.2, 0.25) is 5.15 Å². The van der Waals surface area contributed by atoms with Crippen molar-refractivity contribution in [2.75, 3.05) is 21.3 Å². The monoisotopic (exact) mass is 399 g/mol. The predicted octanol–water partition coefficient (Wildman–Crippen LogP) is 3.68. The molecular formula is C20H18ClN3O4. The smallest absolute Gasteiger partial charge is 0.271 e. The topological polar surface area (TPSA) is 82.0 Å². The molecule has 1 aromatic heterocycles. The lowest BCUT2D eigenvalue weighted by Gasteiger charge is -2.08. The number of carbonyl (C=O) groups excluding carboxylic acids is 1. The number of nitrogens with one attached hydrogen (secondary N) is 1. The summed E-state index contributed by atoms with van der Waals surface area (Å²) >= 11 is 6.22. The number of hydrogen-bond donors (Lipinski definition) is 1. The summed E-state index contributed by atoms with van der Waals surface area (Å²) in [6, 6.07) is 12.2. The molecule has 2 aromatic carbocycles. The third-order valence-corrected chi connectivity index (χ3v) is 4.32. The molecule has 0 bridgehead atoms. The van der Waals surface area contributed by atoms with Crippen molar-refractivity contribution in [3.05, 3.63) is 58.7 Å². The number of aromatic nitrogens is 1. The van der Waals surface area contributed by atoms with Crippen molar-refractivity contribution >= 4 is 34.6 Å². The predicted molar refractivity (Wildman–Crippen MR) is 108 cm³/mol. The van der Waals surface area contributed by atoms with Crippen LogP contribution in [0.1, 0.15) is 15.9 Å². The molecule has 0 saturated heterocycles. The van der Waals surface area contributed by atoms with E-state index < -0.39 is 5.91 Å². The zero-order valence-corrected chi connectivity index (χ0v) is 16.3. The molecule has 0 saturated carbocycles. The molecule has 0 unspecified atom stereocenters. The molecule has 1 amide bonds. The number of benzene rings is 2. The molecule has 3 aromatic rings. The van der Waals surface area contributed by atoms with Gasteiger partial charge in [0.05, 0.1) is 33.1 Å². The quantitative estimate of drug-likeness (QED) is 0.388. The van der Waals surface area contributed by atoms with Gasteiger partial charge in [-0.3, -0.25) is 4.79 Å². The van der Waals surface area contributed by atoms with E-state index in [1.165, 1.54) is 20.4 Å². The molecule has 0 radical (unpaired) electrons. The van der Waals surface area contributed by atoms with Crippen LogP contribution >= 0.6 is 11.6 Å². The first-order chi connectivity index (χ1) is 13.5. The number of methoxy groups -OCH3 is 3. The van der Waals surface area contributed by atoms with E-state index in [-0.39, 0.29) is 5.15 Å². The van der Waals surface area contributed by atoms with E-state index in [1.807, 2.05) is 18.2 Å². The van der Waals surface area contributed by atoms with Gasteiger partial charge in [-0.05, 0) is 36.4 Å². The summed E-state index contributed by atoms with van der Waals surface area (Å²) in [6.07, 6.45) is 1.44. The Bertz CT molecular complexity index is 1050. The van der Waals surface area contributed by atoms with Crippen molar-refractivity contribution in [1.29, 1.82) is 0 Å². The van der Waals surface area contributed by atoms with Gasteiger partial charge < -0.3 is 14.2 Å². The van der Waals surface area contributed by atoms with Crippen LogP contribution in [-0.2, 0) is 0 Å². The van der Waals surface area contributed by atoms with Crippen molar-refractivity contribution in [2.24, 2.45) is 5.10 Å². The number of amides is 1. The Balaban J connectivity index is 1.77. The van der Waals surface area contributed by atoms with Crippen LogP contribution in [0.25, 0.3) is 10.9 Å². The van der Waals surface area contributed by atoms with E-state index in [2.05, 4.69) is 15.5 Å². The van der Waals surface area contributed by atoms with Crippen molar-refractivity contribution in [2.45, 2.75) is 0 Å². The van der Waals surface area contributed by atoms with Crippen molar-refractivity contribution in [3.63, 3.8) is 0 Å². The second-order valence-electron chi connectivity index (χ2n) is 5.70. The highest BCUT2D eigenvalue weighted by Gasteiger charge is 2.10. The van der Waals surface area contributed by atoms with Gasteiger partial charge in [0.15, 0.2) is 11.5 Å². The molecule has 0 spiro atoms. The van der Waals surface area contributed by atoms with Crippen molar-refractivity contribution in [1.82, 2.24) is 10.4 Å². The first-order valence-corrected chi connectivity index (χ1v) is 8.63. The fourth-order valence-electron chi connectivity index (χ4n) is 2.56. The summed E-state index contributed by atoms with van der Waals surface area (Å²) in [5, 5.41) is 5.11. The molecule has 7 nitrogen and oxygen atoms in total. The van der Waals surface area contributed by atoms with Gasteiger partial charge in [-0.2, -0.15) is 5.10 Å². The fourth-order valence-corrected chi connectivity index (χ4v) is 2.75. The van der Waals surface area contributed by atoms with Crippen LogP contribution in [-0.4, -0.2) is 38.4 Å². The Morgan fingerprint density at radius 1 is 1.04 bits per heavy atom. The number of hydrogen-bond acceptors (Lipinski definition) is 6. The Morgan fingerprint density at radius 3 is 2.54 bits per heavy atom. The van der Waals surface area contributed by atoms with Crippen LogP contribution in [0.3, 0.4) is 0 Å². The molecule has 8 heteroatoms. The van der Waals surface area contributed by atoms with E-state index in [1.54, 1.807) is 31.4 Å². The molecule has 28 heavy (non-hydrogen) atoms. The maximum atomic E-state index is 12.3. The molecule has 3 rings (SSSR count). The third kappa shape index (κ3) is 4.15. The van der Waals surface area contributed by atoms with Gasteiger partial charge in [-0.15, -0.1) is 0 Å². The maximum absolute atomic E-state index is 12.3. The van der Waals surface area contributed by atoms with E-state index in [9.17, 15) is 4.79 Å². The van der Waals surface area contributed by atoms with Crippen molar-refractivity contribution in [3.8, 4) is 17.2 Å². The minimum absolute atomic E-state index is 0.268. The van der Waals surface area contributed by atoms with E-state index in [0.29, 0.717) is 33.9 Å². The van der Waals surface area contributed by atoms with Crippen molar-refractivity contribution < 1.29 is 19.0 Å². The summed E-state index contributed by atoms with van der Waals surface area (Å²) in [7, 11) is 4.62. The number of hydrazone groups is 1. The minimum Gasteiger partial charge on any atom is -0.497 e. The summed E-state index contributed by atoms with van der Waals surface area (Å²) in [5.74, 6) is 1.29. The molecule has 1 heterocycles. The highest BCUT2D eigenvalue weighted by Crippen LogP contribution is 2.27. The zero-order chi connectivity index (χ0) is 20.1. The Hall–Kier alpha value is -3.32. The number of fused-ring (bicyclic) bond motifs is 1. The molecule has 144 valence electrons. The second kappa shape index (κ2) is 8.58. The number of rotatable bonds is 6. The standard InChI is InChI=1S/C20H18ClN3O4/c1-26-15-6-4-12-8-14(19(21)23-16(12)10-15)11-22-24-20(25)13-5-7-17(27-2)18(9-13)28-3/h4-11H,1-3H3,(H,24,25)/b22-11-.